The number of terminal acetylenes is 1. The Morgan fingerprint density at radius 3 is 3.07 bits per heavy atom. The minimum atomic E-state index is 0.329. The Bertz CT molecular complexity index is 362. The van der Waals surface area contributed by atoms with Crippen LogP contribution in [0.2, 0.25) is 0 Å². The van der Waals surface area contributed by atoms with E-state index in [-0.39, 0.29) is 0 Å². The number of nitrogens with one attached hydrogen (secondary N) is 1. The summed E-state index contributed by atoms with van der Waals surface area (Å²) in [7, 11) is 0. The van der Waals surface area contributed by atoms with Gasteiger partial charge in [-0.05, 0) is 19.3 Å². The topological polar surface area (TPSA) is 37.8 Å². The van der Waals surface area contributed by atoms with Crippen molar-refractivity contribution in [2.75, 3.05) is 5.32 Å². The van der Waals surface area contributed by atoms with Gasteiger partial charge in [-0.1, -0.05) is 6.92 Å². The molecule has 1 aromatic rings. The standard InChI is InChI=1S/C11H15N3S/c1-3-5-9(4-2)12-11-13-10(14-15-11)8-6-7-8/h1,8-9H,4-7H2,2H3,(H,12,13,14). The van der Waals surface area contributed by atoms with Gasteiger partial charge in [-0.2, -0.15) is 4.37 Å². The van der Waals surface area contributed by atoms with Gasteiger partial charge < -0.3 is 5.32 Å². The van der Waals surface area contributed by atoms with Crippen molar-refractivity contribution < 1.29 is 0 Å². The van der Waals surface area contributed by atoms with Gasteiger partial charge in [0.2, 0.25) is 5.13 Å². The van der Waals surface area contributed by atoms with Gasteiger partial charge in [0.05, 0.1) is 0 Å². The first kappa shape index (κ1) is 10.4. The maximum Gasteiger partial charge on any atom is 0.202 e. The predicted octanol–water partition coefficient (Wildman–Crippen LogP) is 2.63. The van der Waals surface area contributed by atoms with Crippen molar-refractivity contribution in [2.24, 2.45) is 0 Å². The summed E-state index contributed by atoms with van der Waals surface area (Å²) in [4.78, 5) is 4.47. The summed E-state index contributed by atoms with van der Waals surface area (Å²) in [6.45, 7) is 2.12. The van der Waals surface area contributed by atoms with E-state index in [0.29, 0.717) is 12.0 Å². The van der Waals surface area contributed by atoms with E-state index in [2.05, 4.69) is 27.5 Å². The summed E-state index contributed by atoms with van der Waals surface area (Å²) < 4.78 is 4.34. The van der Waals surface area contributed by atoms with Crippen LogP contribution in [-0.2, 0) is 0 Å². The van der Waals surface area contributed by atoms with Crippen molar-refractivity contribution in [3.63, 3.8) is 0 Å². The lowest BCUT2D eigenvalue weighted by Crippen LogP contribution is -2.17. The van der Waals surface area contributed by atoms with Gasteiger partial charge in [0.1, 0.15) is 5.82 Å². The maximum atomic E-state index is 5.30. The van der Waals surface area contributed by atoms with E-state index in [1.54, 1.807) is 0 Å². The van der Waals surface area contributed by atoms with Gasteiger partial charge in [-0.15, -0.1) is 12.3 Å². The molecule has 3 nitrogen and oxygen atoms in total. The molecule has 1 atom stereocenters. The molecule has 0 aliphatic heterocycles. The molecule has 1 unspecified atom stereocenters. The van der Waals surface area contributed by atoms with Crippen LogP contribution in [0, 0.1) is 12.3 Å². The average molecular weight is 221 g/mol. The SMILES string of the molecule is C#CCC(CC)Nc1nc(C2CC2)ns1. The summed E-state index contributed by atoms with van der Waals surface area (Å²) in [6, 6.07) is 0.329. The fourth-order valence-electron chi connectivity index (χ4n) is 1.42. The summed E-state index contributed by atoms with van der Waals surface area (Å²) >= 11 is 1.45. The number of anilines is 1. The van der Waals surface area contributed by atoms with E-state index in [9.17, 15) is 0 Å². The van der Waals surface area contributed by atoms with Crippen LogP contribution in [0.15, 0.2) is 0 Å². The van der Waals surface area contributed by atoms with Crippen molar-refractivity contribution in [1.29, 1.82) is 0 Å². The van der Waals surface area contributed by atoms with Crippen molar-refractivity contribution in [3.05, 3.63) is 5.82 Å². The molecular weight excluding hydrogens is 206 g/mol. The smallest absolute Gasteiger partial charge is 0.202 e. The molecule has 1 aromatic heterocycles. The molecule has 1 aliphatic carbocycles. The zero-order valence-electron chi connectivity index (χ0n) is 8.86. The predicted molar refractivity (Wildman–Crippen MR) is 63.0 cm³/mol. The van der Waals surface area contributed by atoms with Crippen LogP contribution in [0.25, 0.3) is 0 Å². The highest BCUT2D eigenvalue weighted by molar-refractivity contribution is 7.09. The average Bonchev–Trinajstić information content (AvgIpc) is 2.99. The third-order valence-corrected chi connectivity index (χ3v) is 3.23. The molecule has 0 saturated heterocycles. The Balaban J connectivity index is 1.94. The molecule has 1 N–H and O–H groups in total. The van der Waals surface area contributed by atoms with Crippen molar-refractivity contribution in [1.82, 2.24) is 9.36 Å². The van der Waals surface area contributed by atoms with Crippen LogP contribution in [0.3, 0.4) is 0 Å². The molecule has 1 aliphatic rings. The van der Waals surface area contributed by atoms with Crippen LogP contribution < -0.4 is 5.32 Å². The number of rotatable bonds is 5. The van der Waals surface area contributed by atoms with Crippen LogP contribution in [0.1, 0.15) is 44.3 Å². The van der Waals surface area contributed by atoms with Crippen molar-refractivity contribution >= 4 is 16.7 Å². The minimum Gasteiger partial charge on any atom is -0.357 e. The molecule has 2 rings (SSSR count). The first-order chi connectivity index (χ1) is 7.33. The molecule has 0 bridgehead atoms. The summed E-state index contributed by atoms with van der Waals surface area (Å²) in [5.74, 6) is 4.32. The highest BCUT2D eigenvalue weighted by Crippen LogP contribution is 2.39. The van der Waals surface area contributed by atoms with Gasteiger partial charge in [0.25, 0.3) is 0 Å². The lowest BCUT2D eigenvalue weighted by molar-refractivity contribution is 0.714. The lowest BCUT2D eigenvalue weighted by Gasteiger charge is -2.11. The van der Waals surface area contributed by atoms with Crippen LogP contribution in [0.5, 0.6) is 0 Å². The summed E-state index contributed by atoms with van der Waals surface area (Å²) in [5.41, 5.74) is 0. The van der Waals surface area contributed by atoms with Crippen molar-refractivity contribution in [3.8, 4) is 12.3 Å². The van der Waals surface area contributed by atoms with Gasteiger partial charge in [-0.25, -0.2) is 4.98 Å². The monoisotopic (exact) mass is 221 g/mol. The molecule has 0 radical (unpaired) electrons. The highest BCUT2D eigenvalue weighted by atomic mass is 32.1. The second-order valence-corrected chi connectivity index (χ2v) is 4.64. The first-order valence-electron chi connectivity index (χ1n) is 5.37. The van der Waals surface area contributed by atoms with Crippen LogP contribution in [-0.4, -0.2) is 15.4 Å². The zero-order valence-corrected chi connectivity index (χ0v) is 9.68. The van der Waals surface area contributed by atoms with Gasteiger partial charge >= 0.3 is 0 Å². The van der Waals surface area contributed by atoms with Gasteiger partial charge in [0.15, 0.2) is 0 Å². The first-order valence-corrected chi connectivity index (χ1v) is 6.14. The van der Waals surface area contributed by atoms with E-state index in [4.69, 9.17) is 6.42 Å². The molecule has 0 spiro atoms. The Hall–Kier alpha value is -1.08. The quantitative estimate of drug-likeness (QED) is 0.777. The van der Waals surface area contributed by atoms with E-state index in [1.165, 1.54) is 24.4 Å². The number of hydrogen-bond donors (Lipinski definition) is 1. The minimum absolute atomic E-state index is 0.329. The third kappa shape index (κ3) is 2.69. The molecule has 0 aromatic carbocycles. The molecule has 1 heterocycles. The summed E-state index contributed by atoms with van der Waals surface area (Å²) in [6.07, 6.45) is 9.56. The second kappa shape index (κ2) is 4.63. The molecule has 1 saturated carbocycles. The number of hydrogen-bond acceptors (Lipinski definition) is 4. The Labute approximate surface area is 94.5 Å². The molecular formula is C11H15N3S. The second-order valence-electron chi connectivity index (χ2n) is 3.89. The Morgan fingerprint density at radius 2 is 2.47 bits per heavy atom. The Morgan fingerprint density at radius 1 is 1.67 bits per heavy atom. The fourth-order valence-corrected chi connectivity index (χ4v) is 2.14. The Kier molecular flexibility index (Phi) is 3.22. The molecule has 15 heavy (non-hydrogen) atoms. The lowest BCUT2D eigenvalue weighted by atomic mass is 10.2. The molecule has 0 amide bonds. The van der Waals surface area contributed by atoms with Crippen LogP contribution in [0.4, 0.5) is 5.13 Å². The highest BCUT2D eigenvalue weighted by Gasteiger charge is 2.27. The van der Waals surface area contributed by atoms with Crippen LogP contribution >= 0.6 is 11.5 Å². The fraction of sp³-hybridized carbons (Fsp3) is 0.636. The zero-order chi connectivity index (χ0) is 10.7. The molecule has 1 fully saturated rings. The maximum absolute atomic E-state index is 5.30. The molecule has 4 heteroatoms. The van der Waals surface area contributed by atoms with E-state index in [0.717, 1.165) is 23.8 Å². The number of aromatic nitrogens is 2. The normalized spacial score (nSPS) is 17.1. The van der Waals surface area contributed by atoms with Gasteiger partial charge in [-0.3, -0.25) is 0 Å². The van der Waals surface area contributed by atoms with E-state index in [1.807, 2.05) is 0 Å². The largest absolute Gasteiger partial charge is 0.357 e. The number of nitrogens with zero attached hydrogens (tertiary/aromatic N) is 2. The third-order valence-electron chi connectivity index (χ3n) is 2.57. The molecule has 80 valence electrons. The van der Waals surface area contributed by atoms with Gasteiger partial charge in [0, 0.05) is 29.9 Å². The van der Waals surface area contributed by atoms with Crippen molar-refractivity contribution in [2.45, 2.75) is 44.6 Å². The van der Waals surface area contributed by atoms with E-state index >= 15 is 0 Å². The van der Waals surface area contributed by atoms with E-state index < -0.39 is 0 Å². The summed E-state index contributed by atoms with van der Waals surface area (Å²) in [5, 5.41) is 4.25.